The summed E-state index contributed by atoms with van der Waals surface area (Å²) in [5.41, 5.74) is 4.03. The summed E-state index contributed by atoms with van der Waals surface area (Å²) in [6, 6.07) is 15.3. The fraction of sp³-hybridized carbons (Fsp3) is 0.375. The van der Waals surface area contributed by atoms with Crippen LogP contribution in [0.15, 0.2) is 54.6 Å². The van der Waals surface area contributed by atoms with Gasteiger partial charge < -0.3 is 15.0 Å². The summed E-state index contributed by atoms with van der Waals surface area (Å²) in [6.45, 7) is 2.28. The number of carboxylic acid groups (broad SMARTS) is 1. The maximum Gasteiger partial charge on any atom is 0.416 e. The Labute approximate surface area is 241 Å². The first-order valence-corrected chi connectivity index (χ1v) is 14.4. The standard InChI is InChI=1S/C32H32F3N5O2/c1-19(21-10-7-11-21)36-27-26-28(38-29(37-27)31(41)42)39-30(25-13-6-5-12-24(25)22-8-3-2-4-9-22)40(26)18-20-14-16-23(17-15-20)32(33,34)35/h2-4,8-9,14-17,19,21H,5-7,10-13,18H2,1H3,(H,41,42)(H,36,37,38)/t19-/m1/s1. The molecule has 0 amide bonds. The number of fused-ring (bicyclic) bond motifs is 1. The van der Waals surface area contributed by atoms with E-state index in [0.717, 1.165) is 73.8 Å². The monoisotopic (exact) mass is 575 g/mol. The summed E-state index contributed by atoms with van der Waals surface area (Å²) >= 11 is 0. The highest BCUT2D eigenvalue weighted by atomic mass is 19.4. The summed E-state index contributed by atoms with van der Waals surface area (Å²) in [5, 5.41) is 13.3. The van der Waals surface area contributed by atoms with Crippen LogP contribution in [0.4, 0.5) is 19.0 Å². The van der Waals surface area contributed by atoms with Gasteiger partial charge in [0.1, 0.15) is 11.3 Å². The van der Waals surface area contributed by atoms with Gasteiger partial charge in [-0.15, -0.1) is 0 Å². The number of nitrogens with zero attached hydrogens (tertiary/aromatic N) is 4. The first kappa shape index (κ1) is 27.9. The molecule has 2 N–H and O–H groups in total. The van der Waals surface area contributed by atoms with E-state index in [1.54, 1.807) is 0 Å². The number of aromatic carboxylic acids is 1. The molecule has 1 saturated carbocycles. The lowest BCUT2D eigenvalue weighted by atomic mass is 9.80. The zero-order chi connectivity index (χ0) is 29.4. The SMILES string of the molecule is C[C@@H](Nc1nc(C(=O)O)nc2nc(C3=C(c4ccccc4)CCCC3)n(Cc3ccc(C(F)(F)F)cc3)c12)C1CCC1. The number of carboxylic acids is 1. The number of rotatable bonds is 8. The molecule has 0 unspecified atom stereocenters. The molecule has 4 aromatic rings. The Kier molecular flexibility index (Phi) is 7.47. The number of imidazole rings is 1. The van der Waals surface area contributed by atoms with Crippen LogP contribution in [0, 0.1) is 5.92 Å². The topological polar surface area (TPSA) is 92.9 Å². The van der Waals surface area contributed by atoms with Gasteiger partial charge in [0.2, 0.25) is 5.82 Å². The summed E-state index contributed by atoms with van der Waals surface area (Å²) in [5.74, 6) is -0.144. The maximum absolute atomic E-state index is 13.3. The number of nitrogens with one attached hydrogen (secondary N) is 1. The molecule has 42 heavy (non-hydrogen) atoms. The molecule has 218 valence electrons. The van der Waals surface area contributed by atoms with Gasteiger partial charge in [-0.2, -0.15) is 13.2 Å². The molecule has 1 atom stereocenters. The van der Waals surface area contributed by atoms with Crippen molar-refractivity contribution in [1.82, 2.24) is 19.5 Å². The molecule has 7 nitrogen and oxygen atoms in total. The minimum absolute atomic E-state index is 0.0464. The Bertz CT molecular complexity index is 1640. The van der Waals surface area contributed by atoms with Crippen LogP contribution in [0.1, 0.15) is 85.0 Å². The first-order chi connectivity index (χ1) is 20.2. The molecular weight excluding hydrogens is 543 g/mol. The molecule has 10 heteroatoms. The number of carbonyl (C=O) groups is 1. The van der Waals surface area contributed by atoms with Gasteiger partial charge in [-0.25, -0.2) is 19.7 Å². The Morgan fingerprint density at radius 2 is 1.67 bits per heavy atom. The highest BCUT2D eigenvalue weighted by Crippen LogP contribution is 2.40. The zero-order valence-electron chi connectivity index (χ0n) is 23.3. The molecule has 0 radical (unpaired) electrons. The molecule has 2 heterocycles. The summed E-state index contributed by atoms with van der Waals surface area (Å²) in [7, 11) is 0. The van der Waals surface area contributed by atoms with Gasteiger partial charge in [0.25, 0.3) is 0 Å². The molecule has 2 aliphatic carbocycles. The number of aromatic nitrogens is 4. The van der Waals surface area contributed by atoms with Crippen LogP contribution >= 0.6 is 0 Å². The molecule has 0 aliphatic heterocycles. The largest absolute Gasteiger partial charge is 0.475 e. The fourth-order valence-electron chi connectivity index (χ4n) is 5.98. The number of halogens is 3. The van der Waals surface area contributed by atoms with Crippen molar-refractivity contribution in [3.63, 3.8) is 0 Å². The second-order valence-corrected chi connectivity index (χ2v) is 11.2. The van der Waals surface area contributed by atoms with E-state index < -0.39 is 17.7 Å². The third-order valence-electron chi connectivity index (χ3n) is 8.50. The van der Waals surface area contributed by atoms with E-state index >= 15 is 0 Å². The van der Waals surface area contributed by atoms with E-state index in [1.807, 2.05) is 22.8 Å². The average Bonchev–Trinajstić information content (AvgIpc) is 3.30. The Morgan fingerprint density at radius 1 is 0.976 bits per heavy atom. The molecule has 0 bridgehead atoms. The lowest BCUT2D eigenvalue weighted by Gasteiger charge is -2.32. The molecule has 2 aromatic carbocycles. The zero-order valence-corrected chi connectivity index (χ0v) is 23.3. The molecule has 0 saturated heterocycles. The van der Waals surface area contributed by atoms with Crippen LogP contribution in [0.25, 0.3) is 22.3 Å². The third-order valence-corrected chi connectivity index (χ3v) is 8.50. The van der Waals surface area contributed by atoms with E-state index in [9.17, 15) is 23.1 Å². The normalized spacial score (nSPS) is 16.9. The van der Waals surface area contributed by atoms with Crippen molar-refractivity contribution in [2.75, 3.05) is 5.32 Å². The fourth-order valence-corrected chi connectivity index (χ4v) is 5.98. The predicted molar refractivity (Wildman–Crippen MR) is 155 cm³/mol. The van der Waals surface area contributed by atoms with Gasteiger partial charge in [0, 0.05) is 12.6 Å². The quantitative estimate of drug-likeness (QED) is 0.224. The number of hydrogen-bond acceptors (Lipinski definition) is 5. The van der Waals surface area contributed by atoms with E-state index in [2.05, 4.69) is 34.3 Å². The highest BCUT2D eigenvalue weighted by Gasteiger charge is 2.31. The van der Waals surface area contributed by atoms with Crippen LogP contribution in [-0.2, 0) is 12.7 Å². The Balaban J connectivity index is 1.56. The van der Waals surface area contributed by atoms with Crippen molar-refractivity contribution < 1.29 is 23.1 Å². The Hall–Kier alpha value is -4.21. The smallest absolute Gasteiger partial charge is 0.416 e. The lowest BCUT2D eigenvalue weighted by molar-refractivity contribution is -0.137. The van der Waals surface area contributed by atoms with Crippen LogP contribution in [-0.4, -0.2) is 36.6 Å². The molecule has 6 rings (SSSR count). The van der Waals surface area contributed by atoms with E-state index in [1.165, 1.54) is 12.1 Å². The molecule has 2 aromatic heterocycles. The van der Waals surface area contributed by atoms with Gasteiger partial charge >= 0.3 is 12.1 Å². The van der Waals surface area contributed by atoms with Gasteiger partial charge in [-0.05, 0) is 85.8 Å². The average molecular weight is 576 g/mol. The minimum Gasteiger partial charge on any atom is -0.475 e. The van der Waals surface area contributed by atoms with Crippen molar-refractivity contribution in [2.24, 2.45) is 5.92 Å². The summed E-state index contributed by atoms with van der Waals surface area (Å²) in [6.07, 6.45) is 2.50. The number of alkyl halides is 3. The van der Waals surface area contributed by atoms with Crippen LogP contribution < -0.4 is 5.32 Å². The van der Waals surface area contributed by atoms with Gasteiger partial charge in [-0.3, -0.25) is 0 Å². The predicted octanol–water partition coefficient (Wildman–Crippen LogP) is 7.68. The Morgan fingerprint density at radius 3 is 2.29 bits per heavy atom. The molecule has 0 spiro atoms. The number of anilines is 1. The van der Waals surface area contributed by atoms with Crippen LogP contribution in [0.2, 0.25) is 0 Å². The second kappa shape index (κ2) is 11.2. The van der Waals surface area contributed by atoms with E-state index in [0.29, 0.717) is 28.6 Å². The number of benzene rings is 2. The highest BCUT2D eigenvalue weighted by molar-refractivity contribution is 5.95. The lowest BCUT2D eigenvalue weighted by Crippen LogP contribution is -2.31. The van der Waals surface area contributed by atoms with Crippen LogP contribution in [0.3, 0.4) is 0 Å². The van der Waals surface area contributed by atoms with E-state index in [4.69, 9.17) is 4.98 Å². The molecule has 1 fully saturated rings. The van der Waals surface area contributed by atoms with Gasteiger partial charge in [0.15, 0.2) is 11.5 Å². The van der Waals surface area contributed by atoms with Crippen LogP contribution in [0.5, 0.6) is 0 Å². The summed E-state index contributed by atoms with van der Waals surface area (Å²) in [4.78, 5) is 25.7. The van der Waals surface area contributed by atoms with Gasteiger partial charge in [-0.1, -0.05) is 48.9 Å². The van der Waals surface area contributed by atoms with Crippen molar-refractivity contribution in [3.8, 4) is 0 Å². The minimum atomic E-state index is -4.43. The van der Waals surface area contributed by atoms with Crippen molar-refractivity contribution >= 4 is 34.1 Å². The van der Waals surface area contributed by atoms with Gasteiger partial charge in [0.05, 0.1) is 5.56 Å². The van der Waals surface area contributed by atoms with Crippen molar-refractivity contribution in [3.05, 3.63) is 82.9 Å². The second-order valence-electron chi connectivity index (χ2n) is 11.2. The maximum atomic E-state index is 13.3. The van der Waals surface area contributed by atoms with Crippen molar-refractivity contribution in [1.29, 1.82) is 0 Å². The molecule has 2 aliphatic rings. The number of hydrogen-bond donors (Lipinski definition) is 2. The summed E-state index contributed by atoms with van der Waals surface area (Å²) < 4.78 is 41.8. The van der Waals surface area contributed by atoms with E-state index in [-0.39, 0.29) is 24.1 Å². The third kappa shape index (κ3) is 5.49. The first-order valence-electron chi connectivity index (χ1n) is 14.4. The van der Waals surface area contributed by atoms with Crippen molar-refractivity contribution in [2.45, 2.75) is 70.6 Å². The molecular formula is C32H32F3N5O2. The number of allylic oxidation sites excluding steroid dienone is 2.